The molecule has 1 aliphatic heterocycles. The lowest BCUT2D eigenvalue weighted by molar-refractivity contribution is 0.483. The van der Waals surface area contributed by atoms with Crippen LogP contribution in [0.15, 0.2) is 77.3 Å². The number of anilines is 2. The van der Waals surface area contributed by atoms with E-state index >= 15 is 0 Å². The number of halogens is 1. The smallest absolute Gasteiger partial charge is 0.255 e. The van der Waals surface area contributed by atoms with Crippen molar-refractivity contribution in [2.24, 2.45) is 0 Å². The summed E-state index contributed by atoms with van der Waals surface area (Å²) in [7, 11) is 0. The second kappa shape index (κ2) is 7.69. The highest BCUT2D eigenvalue weighted by atomic mass is 79.9. The molecule has 1 aliphatic rings. The monoisotopic (exact) mass is 456 g/mol. The third-order valence-electron chi connectivity index (χ3n) is 5.06. The standard InChI is InChI=1S/C24H17BrN4O/c1-26-23-22(16-7-10-20(11-8-16)30-19-5-3-2-4-6-19)28-29-14-13-17-15-18(25)9-12-21(17)27-24(23)29/h2-12,15,27H,13-14H2. The van der Waals surface area contributed by atoms with E-state index < -0.39 is 0 Å². The van der Waals surface area contributed by atoms with E-state index in [1.807, 2.05) is 71.4 Å². The summed E-state index contributed by atoms with van der Waals surface area (Å²) in [6.45, 7) is 8.48. The molecule has 0 spiro atoms. The van der Waals surface area contributed by atoms with Gasteiger partial charge in [0.25, 0.3) is 5.69 Å². The predicted octanol–water partition coefficient (Wildman–Crippen LogP) is 6.96. The maximum atomic E-state index is 7.77. The highest BCUT2D eigenvalue weighted by Gasteiger charge is 2.23. The summed E-state index contributed by atoms with van der Waals surface area (Å²) in [6.07, 6.45) is 0.844. The summed E-state index contributed by atoms with van der Waals surface area (Å²) in [5.74, 6) is 2.27. The van der Waals surface area contributed by atoms with Crippen molar-refractivity contribution >= 4 is 33.1 Å². The Kier molecular flexibility index (Phi) is 4.74. The summed E-state index contributed by atoms with van der Waals surface area (Å²) in [5.41, 5.74) is 4.32. The number of nitrogens with zero attached hydrogens (tertiary/aromatic N) is 3. The molecule has 6 heteroatoms. The van der Waals surface area contributed by atoms with Crippen LogP contribution in [0.25, 0.3) is 16.1 Å². The first-order valence-electron chi connectivity index (χ1n) is 9.58. The fourth-order valence-corrected chi connectivity index (χ4v) is 4.00. The van der Waals surface area contributed by atoms with Gasteiger partial charge in [-0.1, -0.05) is 46.3 Å². The number of fused-ring (bicyclic) bond motifs is 2. The summed E-state index contributed by atoms with van der Waals surface area (Å²) in [4.78, 5) is 3.81. The maximum absolute atomic E-state index is 7.77. The quantitative estimate of drug-likeness (QED) is 0.339. The summed E-state index contributed by atoms with van der Waals surface area (Å²) < 4.78 is 8.81. The minimum Gasteiger partial charge on any atom is -0.457 e. The van der Waals surface area contributed by atoms with Gasteiger partial charge >= 0.3 is 0 Å². The Hall–Kier alpha value is -3.56. The molecule has 146 valence electrons. The molecule has 0 unspecified atom stereocenters. The summed E-state index contributed by atoms with van der Waals surface area (Å²) in [5, 5.41) is 8.18. The third-order valence-corrected chi connectivity index (χ3v) is 5.55. The average Bonchev–Trinajstić information content (AvgIpc) is 3.02. The molecule has 1 aromatic heterocycles. The number of para-hydroxylation sites is 1. The van der Waals surface area contributed by atoms with Crippen LogP contribution >= 0.6 is 15.9 Å². The normalized spacial score (nSPS) is 12.1. The SMILES string of the molecule is [C-]#[N+]c1c(-c2ccc(Oc3ccccc3)cc2)nn2c1Nc1ccc(Br)cc1CC2. The lowest BCUT2D eigenvalue weighted by atomic mass is 10.1. The first kappa shape index (κ1) is 18.5. The Morgan fingerprint density at radius 2 is 1.77 bits per heavy atom. The van der Waals surface area contributed by atoms with Gasteiger partial charge in [0.15, 0.2) is 0 Å². The zero-order chi connectivity index (χ0) is 20.5. The molecule has 0 saturated carbocycles. The minimum atomic E-state index is 0.530. The van der Waals surface area contributed by atoms with E-state index in [0.717, 1.165) is 39.5 Å². The second-order valence-corrected chi connectivity index (χ2v) is 7.91. The average molecular weight is 457 g/mol. The van der Waals surface area contributed by atoms with Crippen LogP contribution in [0.4, 0.5) is 17.2 Å². The van der Waals surface area contributed by atoms with Gasteiger partial charge in [-0.05, 0) is 60.0 Å². The minimum absolute atomic E-state index is 0.530. The molecule has 4 aromatic rings. The van der Waals surface area contributed by atoms with Gasteiger partial charge in [0.05, 0.1) is 6.57 Å². The van der Waals surface area contributed by atoms with Crippen molar-refractivity contribution in [3.8, 4) is 22.8 Å². The van der Waals surface area contributed by atoms with Gasteiger partial charge in [-0.25, -0.2) is 4.85 Å². The zero-order valence-corrected chi connectivity index (χ0v) is 17.6. The van der Waals surface area contributed by atoms with E-state index in [9.17, 15) is 0 Å². The van der Waals surface area contributed by atoms with Gasteiger partial charge in [0.1, 0.15) is 23.0 Å². The fourth-order valence-electron chi connectivity index (χ4n) is 3.59. The van der Waals surface area contributed by atoms with E-state index in [1.165, 1.54) is 5.56 Å². The highest BCUT2D eigenvalue weighted by Crippen LogP contribution is 2.41. The molecule has 5 nitrogen and oxygen atoms in total. The number of nitrogens with one attached hydrogen (secondary N) is 1. The number of hydrogen-bond acceptors (Lipinski definition) is 3. The van der Waals surface area contributed by atoms with Crippen LogP contribution < -0.4 is 10.1 Å². The molecule has 0 amide bonds. The molecule has 2 heterocycles. The molecule has 0 radical (unpaired) electrons. The fraction of sp³-hybridized carbons (Fsp3) is 0.0833. The van der Waals surface area contributed by atoms with Gasteiger partial charge in [0.2, 0.25) is 0 Å². The largest absolute Gasteiger partial charge is 0.457 e. The van der Waals surface area contributed by atoms with Gasteiger partial charge in [-0.2, -0.15) is 5.10 Å². The van der Waals surface area contributed by atoms with E-state index in [0.29, 0.717) is 17.9 Å². The van der Waals surface area contributed by atoms with Crippen LogP contribution in [0.5, 0.6) is 11.5 Å². The first-order valence-corrected chi connectivity index (χ1v) is 10.4. The molecule has 5 rings (SSSR count). The Labute approximate surface area is 182 Å². The predicted molar refractivity (Wildman–Crippen MR) is 122 cm³/mol. The van der Waals surface area contributed by atoms with Crippen molar-refractivity contribution in [2.45, 2.75) is 13.0 Å². The van der Waals surface area contributed by atoms with Crippen LogP contribution in [-0.2, 0) is 13.0 Å². The Balaban J connectivity index is 1.47. The summed E-state index contributed by atoms with van der Waals surface area (Å²) in [6, 6.07) is 23.5. The molecule has 0 atom stereocenters. The van der Waals surface area contributed by atoms with E-state index in [2.05, 4.69) is 32.2 Å². The van der Waals surface area contributed by atoms with Crippen molar-refractivity contribution in [3.05, 3.63) is 94.2 Å². The zero-order valence-electron chi connectivity index (χ0n) is 16.0. The Morgan fingerprint density at radius 1 is 1.00 bits per heavy atom. The lowest BCUT2D eigenvalue weighted by Gasteiger charge is -2.08. The molecular formula is C24H17BrN4O. The van der Waals surface area contributed by atoms with Gasteiger partial charge in [-0.3, -0.25) is 4.68 Å². The molecule has 3 aromatic carbocycles. The van der Waals surface area contributed by atoms with Crippen molar-refractivity contribution in [3.63, 3.8) is 0 Å². The molecule has 0 bridgehead atoms. The van der Waals surface area contributed by atoms with Crippen molar-refractivity contribution in [1.82, 2.24) is 9.78 Å². The number of hydrogen-bond donors (Lipinski definition) is 1. The molecule has 30 heavy (non-hydrogen) atoms. The highest BCUT2D eigenvalue weighted by molar-refractivity contribution is 9.10. The van der Waals surface area contributed by atoms with Crippen LogP contribution in [0.3, 0.4) is 0 Å². The maximum Gasteiger partial charge on any atom is 0.255 e. The second-order valence-electron chi connectivity index (χ2n) is 7.00. The van der Waals surface area contributed by atoms with Gasteiger partial charge < -0.3 is 10.1 Å². The van der Waals surface area contributed by atoms with Crippen LogP contribution in [0.2, 0.25) is 0 Å². The van der Waals surface area contributed by atoms with Crippen molar-refractivity contribution in [1.29, 1.82) is 0 Å². The molecule has 1 N–H and O–H groups in total. The van der Waals surface area contributed by atoms with Crippen LogP contribution in [0.1, 0.15) is 5.56 Å². The Bertz CT molecular complexity index is 1260. The molecule has 0 fully saturated rings. The lowest BCUT2D eigenvalue weighted by Crippen LogP contribution is -2.02. The first-order chi connectivity index (χ1) is 14.7. The van der Waals surface area contributed by atoms with Gasteiger partial charge in [-0.15, -0.1) is 0 Å². The van der Waals surface area contributed by atoms with Gasteiger partial charge in [0, 0.05) is 16.7 Å². The number of aryl methyl sites for hydroxylation is 2. The van der Waals surface area contributed by atoms with Crippen molar-refractivity contribution < 1.29 is 4.74 Å². The molecule has 0 aliphatic carbocycles. The van der Waals surface area contributed by atoms with Crippen LogP contribution in [-0.4, -0.2) is 9.78 Å². The molecular weight excluding hydrogens is 440 g/mol. The topological polar surface area (TPSA) is 43.4 Å². The third kappa shape index (κ3) is 3.44. The van der Waals surface area contributed by atoms with Crippen molar-refractivity contribution in [2.75, 3.05) is 5.32 Å². The van der Waals surface area contributed by atoms with Crippen LogP contribution in [0, 0.1) is 6.57 Å². The number of rotatable bonds is 3. The van der Waals surface area contributed by atoms with E-state index in [4.69, 9.17) is 16.4 Å². The van der Waals surface area contributed by atoms with E-state index in [-0.39, 0.29) is 0 Å². The van der Waals surface area contributed by atoms with E-state index in [1.54, 1.807) is 0 Å². The summed E-state index contributed by atoms with van der Waals surface area (Å²) >= 11 is 3.53. The Morgan fingerprint density at radius 3 is 2.53 bits per heavy atom. The molecule has 0 saturated heterocycles. The number of ether oxygens (including phenoxy) is 1. The number of benzene rings is 3. The number of aromatic nitrogens is 2.